The van der Waals surface area contributed by atoms with Crippen LogP contribution in [-0.2, 0) is 4.74 Å². The molecule has 0 aromatic heterocycles. The number of nitro groups is 1. The van der Waals surface area contributed by atoms with Crippen molar-refractivity contribution >= 4 is 11.6 Å². The Hall–Kier alpha value is -2.02. The quantitative estimate of drug-likeness (QED) is 0.662. The van der Waals surface area contributed by atoms with Crippen LogP contribution in [0.4, 0.5) is 10.1 Å². The van der Waals surface area contributed by atoms with Gasteiger partial charge in [0.15, 0.2) is 0 Å². The molecule has 1 aliphatic rings. The van der Waals surface area contributed by atoms with Crippen molar-refractivity contribution in [2.75, 3.05) is 19.8 Å². The first-order valence-corrected chi connectivity index (χ1v) is 5.71. The normalized spacial score (nSPS) is 16.5. The molecule has 1 N–H and O–H groups in total. The van der Waals surface area contributed by atoms with Gasteiger partial charge in [-0.3, -0.25) is 14.9 Å². The molecule has 1 fully saturated rings. The van der Waals surface area contributed by atoms with Gasteiger partial charge in [-0.25, -0.2) is 4.39 Å². The molecule has 6 nitrogen and oxygen atoms in total. The van der Waals surface area contributed by atoms with Crippen molar-refractivity contribution in [2.45, 2.75) is 6.92 Å². The summed E-state index contributed by atoms with van der Waals surface area (Å²) in [6, 6.07) is 2.87. The summed E-state index contributed by atoms with van der Waals surface area (Å²) in [5.74, 6) is -1.44. The molecule has 0 saturated carbocycles. The van der Waals surface area contributed by atoms with Crippen LogP contribution in [0, 0.1) is 21.3 Å². The predicted molar refractivity (Wildman–Crippen MR) is 64.3 cm³/mol. The molecule has 1 heterocycles. The number of ether oxygens (including phenoxy) is 1. The van der Waals surface area contributed by atoms with E-state index in [4.69, 9.17) is 4.74 Å². The molecule has 1 saturated heterocycles. The van der Waals surface area contributed by atoms with Crippen molar-refractivity contribution in [1.29, 1.82) is 0 Å². The summed E-state index contributed by atoms with van der Waals surface area (Å²) in [5, 5.41) is 13.2. The molecule has 0 radical (unpaired) electrons. The molecule has 2 rings (SSSR count). The van der Waals surface area contributed by atoms with Crippen LogP contribution in [0.15, 0.2) is 18.2 Å². The number of rotatable bonds is 4. The third-order valence-electron chi connectivity index (χ3n) is 2.98. The van der Waals surface area contributed by atoms with Crippen molar-refractivity contribution in [3.05, 3.63) is 39.7 Å². The summed E-state index contributed by atoms with van der Waals surface area (Å²) in [5.41, 5.74) is -0.782. The molecule has 0 spiro atoms. The highest BCUT2D eigenvalue weighted by Crippen LogP contribution is 2.25. The number of carbonyl (C=O) groups is 1. The monoisotopic (exact) mass is 268 g/mol. The minimum absolute atomic E-state index is 0.146. The highest BCUT2D eigenvalue weighted by Gasteiger charge is 2.33. The molecule has 1 aliphatic heterocycles. The second kappa shape index (κ2) is 4.93. The summed E-state index contributed by atoms with van der Waals surface area (Å²) in [4.78, 5) is 21.7. The van der Waals surface area contributed by atoms with E-state index in [1.165, 1.54) is 0 Å². The predicted octanol–water partition coefficient (Wildman–Crippen LogP) is 1.50. The summed E-state index contributed by atoms with van der Waals surface area (Å²) in [6.45, 7) is 3.34. The van der Waals surface area contributed by atoms with E-state index >= 15 is 0 Å². The van der Waals surface area contributed by atoms with Crippen LogP contribution in [0.5, 0.6) is 0 Å². The van der Waals surface area contributed by atoms with E-state index in [-0.39, 0.29) is 16.7 Å². The largest absolute Gasteiger partial charge is 0.380 e. The summed E-state index contributed by atoms with van der Waals surface area (Å²) < 4.78 is 18.5. The highest BCUT2D eigenvalue weighted by molar-refractivity contribution is 5.95. The SMILES string of the molecule is CC1(CNC(=O)c2cc([N+](=O)[O-])ccc2F)COC1. The first-order chi connectivity index (χ1) is 8.91. The number of nitro benzene ring substituents is 1. The number of nitrogens with zero attached hydrogens (tertiary/aromatic N) is 1. The first-order valence-electron chi connectivity index (χ1n) is 5.71. The van der Waals surface area contributed by atoms with Crippen molar-refractivity contribution in [3.8, 4) is 0 Å². The molecule has 0 bridgehead atoms. The number of hydrogen-bond donors (Lipinski definition) is 1. The van der Waals surface area contributed by atoms with Gasteiger partial charge in [-0.05, 0) is 6.07 Å². The summed E-state index contributed by atoms with van der Waals surface area (Å²) in [7, 11) is 0. The smallest absolute Gasteiger partial charge is 0.270 e. The van der Waals surface area contributed by atoms with E-state index in [9.17, 15) is 19.3 Å². The molecule has 7 heteroatoms. The Bertz CT molecular complexity index is 528. The third-order valence-corrected chi connectivity index (χ3v) is 2.98. The van der Waals surface area contributed by atoms with E-state index < -0.39 is 16.6 Å². The fraction of sp³-hybridized carbons (Fsp3) is 0.417. The van der Waals surface area contributed by atoms with Gasteiger partial charge in [0.2, 0.25) is 0 Å². The fourth-order valence-electron chi connectivity index (χ4n) is 1.74. The number of benzene rings is 1. The molecule has 1 amide bonds. The van der Waals surface area contributed by atoms with Crippen LogP contribution < -0.4 is 5.32 Å². The number of hydrogen-bond acceptors (Lipinski definition) is 4. The Morgan fingerprint density at radius 2 is 2.26 bits per heavy atom. The molecule has 0 aliphatic carbocycles. The molecular formula is C12H13FN2O4. The van der Waals surface area contributed by atoms with Crippen LogP contribution in [0.3, 0.4) is 0 Å². The number of nitrogens with one attached hydrogen (secondary N) is 1. The maximum Gasteiger partial charge on any atom is 0.270 e. The number of carbonyl (C=O) groups excluding carboxylic acids is 1. The average molecular weight is 268 g/mol. The van der Waals surface area contributed by atoms with Crippen molar-refractivity contribution in [2.24, 2.45) is 5.41 Å². The molecule has 19 heavy (non-hydrogen) atoms. The Morgan fingerprint density at radius 1 is 1.58 bits per heavy atom. The van der Waals surface area contributed by atoms with E-state index in [1.807, 2.05) is 6.92 Å². The third kappa shape index (κ3) is 2.87. The van der Waals surface area contributed by atoms with Gasteiger partial charge in [0.1, 0.15) is 5.82 Å². The van der Waals surface area contributed by atoms with Gasteiger partial charge < -0.3 is 10.1 Å². The highest BCUT2D eigenvalue weighted by atomic mass is 19.1. The van der Waals surface area contributed by atoms with Crippen molar-refractivity contribution in [3.63, 3.8) is 0 Å². The zero-order valence-electron chi connectivity index (χ0n) is 10.3. The van der Waals surface area contributed by atoms with Gasteiger partial charge in [-0.15, -0.1) is 0 Å². The molecule has 0 atom stereocenters. The lowest BCUT2D eigenvalue weighted by Crippen LogP contribution is -2.48. The van der Waals surface area contributed by atoms with E-state index in [0.717, 1.165) is 18.2 Å². The van der Waals surface area contributed by atoms with Crippen LogP contribution in [0.1, 0.15) is 17.3 Å². The zero-order chi connectivity index (χ0) is 14.0. The number of non-ortho nitro benzene ring substituents is 1. The molecule has 0 unspecified atom stereocenters. The van der Waals surface area contributed by atoms with Gasteiger partial charge in [0, 0.05) is 24.1 Å². The zero-order valence-corrected chi connectivity index (χ0v) is 10.3. The lowest BCUT2D eigenvalue weighted by Gasteiger charge is -2.38. The Balaban J connectivity index is 2.09. The summed E-state index contributed by atoms with van der Waals surface area (Å²) >= 11 is 0. The van der Waals surface area contributed by atoms with Crippen LogP contribution in [0.2, 0.25) is 0 Å². The lowest BCUT2D eigenvalue weighted by atomic mass is 9.88. The minimum Gasteiger partial charge on any atom is -0.380 e. The van der Waals surface area contributed by atoms with E-state index in [2.05, 4.69) is 5.32 Å². The van der Waals surface area contributed by atoms with Crippen molar-refractivity contribution < 1.29 is 18.8 Å². The van der Waals surface area contributed by atoms with Crippen LogP contribution in [0.25, 0.3) is 0 Å². The topological polar surface area (TPSA) is 81.5 Å². The van der Waals surface area contributed by atoms with E-state index in [1.54, 1.807) is 0 Å². The Kier molecular flexibility index (Phi) is 3.48. The second-order valence-electron chi connectivity index (χ2n) is 4.91. The van der Waals surface area contributed by atoms with Crippen LogP contribution >= 0.6 is 0 Å². The molecule has 1 aromatic carbocycles. The van der Waals surface area contributed by atoms with Gasteiger partial charge in [0.05, 0.1) is 23.7 Å². The fourth-order valence-corrected chi connectivity index (χ4v) is 1.74. The lowest BCUT2D eigenvalue weighted by molar-refractivity contribution is -0.384. The molecular weight excluding hydrogens is 255 g/mol. The van der Waals surface area contributed by atoms with Gasteiger partial charge in [-0.1, -0.05) is 6.92 Å². The maximum atomic E-state index is 13.5. The second-order valence-corrected chi connectivity index (χ2v) is 4.91. The minimum atomic E-state index is -0.780. The average Bonchev–Trinajstić information content (AvgIpc) is 2.34. The standard InChI is InChI=1S/C12H13FN2O4/c1-12(6-19-7-12)5-14-11(16)9-4-8(15(17)18)2-3-10(9)13/h2-4H,5-7H2,1H3,(H,14,16). The summed E-state index contributed by atoms with van der Waals surface area (Å²) in [6.07, 6.45) is 0. The first kappa shape index (κ1) is 13.4. The Morgan fingerprint density at radius 3 is 2.79 bits per heavy atom. The van der Waals surface area contributed by atoms with Gasteiger partial charge in [0.25, 0.3) is 11.6 Å². The Labute approximate surface area is 108 Å². The molecule has 1 aromatic rings. The maximum absolute atomic E-state index is 13.5. The van der Waals surface area contributed by atoms with E-state index in [0.29, 0.717) is 19.8 Å². The number of halogens is 1. The number of amides is 1. The van der Waals surface area contributed by atoms with Gasteiger partial charge in [-0.2, -0.15) is 0 Å². The van der Waals surface area contributed by atoms with Crippen molar-refractivity contribution in [1.82, 2.24) is 5.32 Å². The van der Waals surface area contributed by atoms with Crippen LogP contribution in [-0.4, -0.2) is 30.6 Å². The molecule has 102 valence electrons. The van der Waals surface area contributed by atoms with Gasteiger partial charge >= 0.3 is 0 Å².